The van der Waals surface area contributed by atoms with Crippen molar-refractivity contribution in [1.29, 1.82) is 0 Å². The fourth-order valence-corrected chi connectivity index (χ4v) is 3.88. The molecule has 3 aromatic rings. The maximum Gasteiger partial charge on any atom is 0.359 e. The van der Waals surface area contributed by atoms with E-state index >= 15 is 0 Å². The van der Waals surface area contributed by atoms with Crippen LogP contribution in [0.5, 0.6) is 0 Å². The van der Waals surface area contributed by atoms with Crippen molar-refractivity contribution in [2.24, 2.45) is 0 Å². The first-order chi connectivity index (χ1) is 15.0. The van der Waals surface area contributed by atoms with Gasteiger partial charge in [0.1, 0.15) is 0 Å². The van der Waals surface area contributed by atoms with Crippen LogP contribution >= 0.6 is 0 Å². The highest BCUT2D eigenvalue weighted by atomic mass is 16.7. The summed E-state index contributed by atoms with van der Waals surface area (Å²) >= 11 is 0. The molecule has 0 saturated carbocycles. The molecule has 0 saturated heterocycles. The summed E-state index contributed by atoms with van der Waals surface area (Å²) < 4.78 is 0. The molecule has 0 aliphatic carbocycles. The average Bonchev–Trinajstić information content (AvgIpc) is 2.92. The van der Waals surface area contributed by atoms with Crippen molar-refractivity contribution in [1.82, 2.24) is 5.48 Å². The second-order valence-electron chi connectivity index (χ2n) is 7.13. The van der Waals surface area contributed by atoms with Gasteiger partial charge < -0.3 is 4.84 Å². The number of hydrogen-bond acceptors (Lipinski definition) is 5. The van der Waals surface area contributed by atoms with E-state index in [0.29, 0.717) is 17.8 Å². The number of urea groups is 1. The number of carbonyl (C=O) groups is 2. The maximum absolute atomic E-state index is 13.0. The number of rotatable bonds is 2. The predicted octanol–water partition coefficient (Wildman–Crippen LogP) is 4.61. The number of carbonyl (C=O) groups excluding carboxylic acids is 2. The Labute approximate surface area is 178 Å². The topological polar surface area (TPSA) is 102 Å². The van der Waals surface area contributed by atoms with Crippen LogP contribution in [-0.4, -0.2) is 16.9 Å². The molecule has 1 aliphatic rings. The molecule has 4 rings (SSSR count). The number of nitrogens with zero attached hydrogens (tertiary/aromatic N) is 2. The Morgan fingerprint density at radius 2 is 1.74 bits per heavy atom. The minimum Gasteiger partial charge on any atom is -0.340 e. The molecule has 0 spiro atoms. The fourth-order valence-electron chi connectivity index (χ4n) is 3.88. The van der Waals surface area contributed by atoms with Crippen LogP contribution in [0.1, 0.15) is 29.5 Å². The van der Waals surface area contributed by atoms with E-state index in [2.05, 4.69) is 5.48 Å². The molecule has 8 nitrogen and oxygen atoms in total. The number of para-hydroxylation sites is 2. The van der Waals surface area contributed by atoms with E-state index in [1.807, 2.05) is 48.5 Å². The zero-order chi connectivity index (χ0) is 22.0. The molecule has 2 amide bonds. The van der Waals surface area contributed by atoms with Gasteiger partial charge in [-0.3, -0.25) is 19.8 Å². The Kier molecular flexibility index (Phi) is 5.36. The van der Waals surface area contributed by atoms with E-state index in [9.17, 15) is 19.7 Å². The van der Waals surface area contributed by atoms with E-state index in [0.717, 1.165) is 16.7 Å². The van der Waals surface area contributed by atoms with Gasteiger partial charge in [0.15, 0.2) is 0 Å². The minimum absolute atomic E-state index is 0.0111. The smallest absolute Gasteiger partial charge is 0.340 e. The van der Waals surface area contributed by atoms with E-state index in [-0.39, 0.29) is 11.6 Å². The summed E-state index contributed by atoms with van der Waals surface area (Å²) in [6.45, 7) is 1.20. The summed E-state index contributed by atoms with van der Waals surface area (Å²) in [4.78, 5) is 41.3. The van der Waals surface area contributed by atoms with Gasteiger partial charge in [-0.15, -0.1) is 0 Å². The summed E-state index contributed by atoms with van der Waals surface area (Å²) in [7, 11) is 0. The number of benzene rings is 3. The van der Waals surface area contributed by atoms with Crippen LogP contribution in [0, 0.1) is 10.1 Å². The number of anilines is 2. The zero-order valence-corrected chi connectivity index (χ0v) is 16.6. The number of fused-ring (bicyclic) bond motifs is 2. The first-order valence-corrected chi connectivity index (χ1v) is 9.64. The summed E-state index contributed by atoms with van der Waals surface area (Å²) in [5.74, 6) is -0.858. The highest BCUT2D eigenvalue weighted by Crippen LogP contribution is 2.43. The van der Waals surface area contributed by atoms with Crippen LogP contribution in [0.3, 0.4) is 0 Å². The Morgan fingerprint density at radius 1 is 1.03 bits per heavy atom. The number of non-ortho nitro benzene ring substituents is 1. The predicted molar refractivity (Wildman–Crippen MR) is 114 cm³/mol. The third-order valence-electron chi connectivity index (χ3n) is 5.18. The lowest BCUT2D eigenvalue weighted by Crippen LogP contribution is -2.38. The third-order valence-corrected chi connectivity index (χ3v) is 5.18. The molecule has 3 aromatic carbocycles. The number of amides is 2. The van der Waals surface area contributed by atoms with Crippen molar-refractivity contribution >= 4 is 29.1 Å². The molecule has 1 aliphatic heterocycles. The van der Waals surface area contributed by atoms with Gasteiger partial charge in [0, 0.05) is 25.0 Å². The molecular formula is C23H19N3O5. The summed E-state index contributed by atoms with van der Waals surface area (Å²) in [5.41, 5.74) is 5.94. The molecule has 0 aromatic heterocycles. The lowest BCUT2D eigenvalue weighted by Gasteiger charge is -2.25. The number of nitrogens with one attached hydrogen (secondary N) is 1. The number of hydroxylamine groups is 1. The quantitative estimate of drug-likeness (QED) is 0.485. The number of nitro benzene ring substituents is 1. The molecule has 1 N–H and O–H groups in total. The van der Waals surface area contributed by atoms with E-state index in [1.165, 1.54) is 17.9 Å². The second kappa shape index (κ2) is 8.27. The monoisotopic (exact) mass is 417 g/mol. The first-order valence-electron chi connectivity index (χ1n) is 9.64. The van der Waals surface area contributed by atoms with Gasteiger partial charge in [0.05, 0.1) is 16.3 Å². The zero-order valence-electron chi connectivity index (χ0n) is 16.6. The third kappa shape index (κ3) is 3.95. The van der Waals surface area contributed by atoms with Gasteiger partial charge in [-0.25, -0.2) is 4.79 Å². The standard InChI is InChI=1S/C23H19N3O5/c1-15(27)31-24-23(28)25-21-11-4-2-7-17(21)14-20(19-10-3-5-12-22(19)25)16-8-6-9-18(13-16)26(29)30/h2-13,20H,14H2,1H3,(H,24,28). The average molecular weight is 417 g/mol. The molecule has 1 unspecified atom stereocenters. The molecule has 1 atom stereocenters. The number of hydrogen-bond donors (Lipinski definition) is 1. The van der Waals surface area contributed by atoms with Crippen LogP contribution < -0.4 is 10.4 Å². The molecule has 1 heterocycles. The van der Waals surface area contributed by atoms with Crippen LogP contribution in [-0.2, 0) is 16.1 Å². The maximum atomic E-state index is 13.0. The fraction of sp³-hybridized carbons (Fsp3) is 0.130. The number of nitro groups is 1. The van der Waals surface area contributed by atoms with Crippen LogP contribution in [0.2, 0.25) is 0 Å². The molecular weight excluding hydrogens is 398 g/mol. The van der Waals surface area contributed by atoms with Crippen LogP contribution in [0.25, 0.3) is 0 Å². The van der Waals surface area contributed by atoms with E-state index in [4.69, 9.17) is 4.84 Å². The van der Waals surface area contributed by atoms with Crippen LogP contribution in [0.4, 0.5) is 21.9 Å². The Bertz CT molecular complexity index is 1180. The second-order valence-corrected chi connectivity index (χ2v) is 7.13. The molecule has 0 radical (unpaired) electrons. The van der Waals surface area contributed by atoms with Gasteiger partial charge in [-0.05, 0) is 35.2 Å². The van der Waals surface area contributed by atoms with Crippen molar-refractivity contribution in [3.05, 3.63) is 99.6 Å². The molecule has 31 heavy (non-hydrogen) atoms. The van der Waals surface area contributed by atoms with Crippen molar-refractivity contribution in [2.45, 2.75) is 19.3 Å². The Balaban J connectivity index is 1.88. The Morgan fingerprint density at radius 3 is 2.48 bits per heavy atom. The largest absolute Gasteiger partial charge is 0.359 e. The summed E-state index contributed by atoms with van der Waals surface area (Å²) in [5, 5.41) is 11.3. The Hall–Kier alpha value is -4.20. The molecule has 0 bridgehead atoms. The minimum atomic E-state index is -0.640. The SMILES string of the molecule is CC(=O)ONC(=O)N1c2ccccc2CC(c2cccc([N+](=O)[O-])c2)c2ccccc21. The van der Waals surface area contributed by atoms with Gasteiger partial charge in [-0.2, -0.15) is 5.48 Å². The van der Waals surface area contributed by atoms with Gasteiger partial charge >= 0.3 is 12.0 Å². The van der Waals surface area contributed by atoms with Crippen molar-refractivity contribution in [3.63, 3.8) is 0 Å². The normalized spacial score (nSPS) is 14.6. The van der Waals surface area contributed by atoms with E-state index in [1.54, 1.807) is 18.2 Å². The van der Waals surface area contributed by atoms with Gasteiger partial charge in [0.2, 0.25) is 0 Å². The first kappa shape index (κ1) is 20.1. The highest BCUT2D eigenvalue weighted by Gasteiger charge is 2.31. The summed E-state index contributed by atoms with van der Waals surface area (Å²) in [6.07, 6.45) is 0.533. The molecule has 8 heteroatoms. The molecule has 156 valence electrons. The van der Waals surface area contributed by atoms with Crippen molar-refractivity contribution in [3.8, 4) is 0 Å². The van der Waals surface area contributed by atoms with Gasteiger partial charge in [-0.1, -0.05) is 48.5 Å². The van der Waals surface area contributed by atoms with Crippen molar-refractivity contribution in [2.75, 3.05) is 4.90 Å². The lowest BCUT2D eigenvalue weighted by atomic mass is 9.85. The van der Waals surface area contributed by atoms with Crippen molar-refractivity contribution < 1.29 is 19.3 Å². The van der Waals surface area contributed by atoms with E-state index < -0.39 is 16.9 Å². The lowest BCUT2D eigenvalue weighted by molar-refractivity contribution is -0.384. The van der Waals surface area contributed by atoms with Gasteiger partial charge in [0.25, 0.3) is 5.69 Å². The molecule has 0 fully saturated rings. The highest BCUT2D eigenvalue weighted by molar-refractivity contribution is 6.01. The van der Waals surface area contributed by atoms with Crippen LogP contribution in [0.15, 0.2) is 72.8 Å². The summed E-state index contributed by atoms with van der Waals surface area (Å²) in [6, 6.07) is 20.7.